The zero-order valence-electron chi connectivity index (χ0n) is 13.8. The van der Waals surface area contributed by atoms with Gasteiger partial charge in [-0.3, -0.25) is 14.7 Å². The Bertz CT molecular complexity index is 761. The number of amides is 1. The van der Waals surface area contributed by atoms with Gasteiger partial charge in [0, 0.05) is 18.5 Å². The van der Waals surface area contributed by atoms with Crippen LogP contribution in [0.1, 0.15) is 41.7 Å². The Balaban J connectivity index is 1.68. The Kier molecular flexibility index (Phi) is 4.85. The number of hydrogen-bond donors (Lipinski definition) is 3. The molecule has 1 aromatic heterocycles. The topological polar surface area (TPSA) is 87.1 Å². The maximum absolute atomic E-state index is 12.3. The van der Waals surface area contributed by atoms with Gasteiger partial charge in [0.15, 0.2) is 0 Å². The molecule has 0 saturated heterocycles. The summed E-state index contributed by atoms with van der Waals surface area (Å²) in [5.41, 5.74) is 1.74. The number of carbonyl (C=O) groups excluding carboxylic acids is 1. The SMILES string of the molecule is Cc1ccc(-n2[nH]c(C(=O)NC[C@@H]3CCCC[C@H]3O)cc2=O)cc1. The van der Waals surface area contributed by atoms with E-state index in [1.54, 1.807) is 0 Å². The Hall–Kier alpha value is -2.34. The minimum absolute atomic E-state index is 0.0913. The molecule has 1 aliphatic carbocycles. The molecule has 1 aliphatic rings. The quantitative estimate of drug-likeness (QED) is 0.799. The Labute approximate surface area is 140 Å². The molecule has 3 rings (SSSR count). The lowest BCUT2D eigenvalue weighted by molar-refractivity contribution is 0.0661. The monoisotopic (exact) mass is 329 g/mol. The lowest BCUT2D eigenvalue weighted by Gasteiger charge is -2.27. The van der Waals surface area contributed by atoms with Gasteiger partial charge in [-0.05, 0) is 31.9 Å². The van der Waals surface area contributed by atoms with Crippen molar-refractivity contribution in [3.63, 3.8) is 0 Å². The Morgan fingerprint density at radius 2 is 2.00 bits per heavy atom. The second-order valence-corrected chi connectivity index (χ2v) is 6.50. The largest absolute Gasteiger partial charge is 0.393 e. The molecule has 0 aliphatic heterocycles. The molecule has 0 bridgehead atoms. The highest BCUT2D eigenvalue weighted by Gasteiger charge is 2.23. The van der Waals surface area contributed by atoms with Crippen LogP contribution in [0.5, 0.6) is 0 Å². The van der Waals surface area contributed by atoms with Crippen molar-refractivity contribution in [3.8, 4) is 5.69 Å². The van der Waals surface area contributed by atoms with E-state index in [-0.39, 0.29) is 29.2 Å². The molecule has 1 heterocycles. The molecule has 6 heteroatoms. The fourth-order valence-corrected chi connectivity index (χ4v) is 3.14. The van der Waals surface area contributed by atoms with Gasteiger partial charge < -0.3 is 10.4 Å². The predicted octanol–water partition coefficient (Wildman–Crippen LogP) is 1.75. The number of aromatic nitrogens is 2. The molecule has 6 nitrogen and oxygen atoms in total. The molecule has 24 heavy (non-hydrogen) atoms. The average molecular weight is 329 g/mol. The summed E-state index contributed by atoms with van der Waals surface area (Å²) >= 11 is 0. The van der Waals surface area contributed by atoms with Crippen molar-refractivity contribution >= 4 is 5.91 Å². The van der Waals surface area contributed by atoms with Crippen LogP contribution < -0.4 is 10.9 Å². The summed E-state index contributed by atoms with van der Waals surface area (Å²) in [6.07, 6.45) is 3.48. The number of aryl methyl sites for hydroxylation is 1. The number of hydrogen-bond acceptors (Lipinski definition) is 3. The van der Waals surface area contributed by atoms with Crippen molar-refractivity contribution in [2.45, 2.75) is 38.7 Å². The van der Waals surface area contributed by atoms with Gasteiger partial charge in [0.1, 0.15) is 5.69 Å². The van der Waals surface area contributed by atoms with Gasteiger partial charge in [-0.2, -0.15) is 0 Å². The average Bonchev–Trinajstić information content (AvgIpc) is 2.96. The highest BCUT2D eigenvalue weighted by Crippen LogP contribution is 2.23. The number of benzene rings is 1. The van der Waals surface area contributed by atoms with Crippen LogP contribution in [0, 0.1) is 12.8 Å². The number of aromatic amines is 1. The first-order valence-corrected chi connectivity index (χ1v) is 8.40. The van der Waals surface area contributed by atoms with Gasteiger partial charge in [0.2, 0.25) is 0 Å². The van der Waals surface area contributed by atoms with Crippen LogP contribution in [-0.2, 0) is 0 Å². The molecule has 1 fully saturated rings. The van der Waals surface area contributed by atoms with Gasteiger partial charge in [-0.25, -0.2) is 4.68 Å². The van der Waals surface area contributed by atoms with Gasteiger partial charge in [0.05, 0.1) is 11.8 Å². The van der Waals surface area contributed by atoms with Crippen LogP contribution in [0.15, 0.2) is 35.1 Å². The normalized spacial score (nSPS) is 20.8. The molecule has 2 aromatic rings. The van der Waals surface area contributed by atoms with E-state index in [2.05, 4.69) is 10.4 Å². The van der Waals surface area contributed by atoms with Crippen LogP contribution in [0.25, 0.3) is 5.69 Å². The van der Waals surface area contributed by atoms with Crippen LogP contribution in [0.3, 0.4) is 0 Å². The minimum atomic E-state index is -0.352. The second kappa shape index (κ2) is 7.05. The molecule has 0 spiro atoms. The van der Waals surface area contributed by atoms with E-state index in [0.29, 0.717) is 12.2 Å². The molecule has 0 unspecified atom stereocenters. The number of aliphatic hydroxyl groups is 1. The van der Waals surface area contributed by atoms with Crippen LogP contribution in [-0.4, -0.2) is 33.4 Å². The second-order valence-electron chi connectivity index (χ2n) is 6.50. The lowest BCUT2D eigenvalue weighted by Crippen LogP contribution is -2.36. The van der Waals surface area contributed by atoms with E-state index < -0.39 is 0 Å². The number of nitrogens with zero attached hydrogens (tertiary/aromatic N) is 1. The fraction of sp³-hybridized carbons (Fsp3) is 0.444. The summed E-state index contributed by atoms with van der Waals surface area (Å²) in [5.74, 6) is -0.232. The smallest absolute Gasteiger partial charge is 0.271 e. The zero-order valence-corrected chi connectivity index (χ0v) is 13.8. The molecule has 1 saturated carbocycles. The minimum Gasteiger partial charge on any atom is -0.393 e. The summed E-state index contributed by atoms with van der Waals surface area (Å²) in [4.78, 5) is 24.4. The summed E-state index contributed by atoms with van der Waals surface area (Å²) in [6.45, 7) is 2.40. The van der Waals surface area contributed by atoms with Crippen molar-refractivity contribution in [2.24, 2.45) is 5.92 Å². The van der Waals surface area contributed by atoms with E-state index >= 15 is 0 Å². The molecule has 128 valence electrons. The molecule has 0 radical (unpaired) electrons. The fourth-order valence-electron chi connectivity index (χ4n) is 3.14. The molecular formula is C18H23N3O3. The molecule has 1 amide bonds. The van der Waals surface area contributed by atoms with E-state index in [0.717, 1.165) is 31.2 Å². The van der Waals surface area contributed by atoms with Crippen molar-refractivity contribution in [2.75, 3.05) is 6.54 Å². The van der Waals surface area contributed by atoms with Gasteiger partial charge in [-0.15, -0.1) is 0 Å². The van der Waals surface area contributed by atoms with Crippen molar-refractivity contribution in [1.29, 1.82) is 0 Å². The van der Waals surface area contributed by atoms with Gasteiger partial charge in [-0.1, -0.05) is 30.5 Å². The summed E-state index contributed by atoms with van der Waals surface area (Å²) in [7, 11) is 0. The third kappa shape index (κ3) is 3.59. The van der Waals surface area contributed by atoms with Crippen LogP contribution in [0.4, 0.5) is 0 Å². The van der Waals surface area contributed by atoms with Crippen LogP contribution in [0.2, 0.25) is 0 Å². The molecule has 2 atom stereocenters. The Morgan fingerprint density at radius 1 is 1.29 bits per heavy atom. The first kappa shape index (κ1) is 16.5. The van der Waals surface area contributed by atoms with Crippen molar-refractivity contribution in [3.05, 3.63) is 51.9 Å². The zero-order chi connectivity index (χ0) is 17.1. The van der Waals surface area contributed by atoms with Crippen molar-refractivity contribution in [1.82, 2.24) is 15.1 Å². The highest BCUT2D eigenvalue weighted by atomic mass is 16.3. The van der Waals surface area contributed by atoms with Crippen LogP contribution >= 0.6 is 0 Å². The number of carbonyl (C=O) groups is 1. The third-order valence-corrected chi connectivity index (χ3v) is 4.65. The third-order valence-electron chi connectivity index (χ3n) is 4.65. The molecular weight excluding hydrogens is 306 g/mol. The Morgan fingerprint density at radius 3 is 2.71 bits per heavy atom. The first-order valence-electron chi connectivity index (χ1n) is 8.40. The number of nitrogens with one attached hydrogen (secondary N) is 2. The predicted molar refractivity (Wildman–Crippen MR) is 91.4 cm³/mol. The van der Waals surface area contributed by atoms with E-state index in [1.807, 2.05) is 31.2 Å². The molecule has 3 N–H and O–H groups in total. The number of aliphatic hydroxyl groups excluding tert-OH is 1. The van der Waals surface area contributed by atoms with Gasteiger partial charge >= 0.3 is 0 Å². The first-order chi connectivity index (χ1) is 11.5. The van der Waals surface area contributed by atoms with Crippen molar-refractivity contribution < 1.29 is 9.90 Å². The standard InChI is InChI=1S/C18H23N3O3/c1-12-6-8-14(9-7-12)21-17(23)10-15(20-21)18(24)19-11-13-4-2-3-5-16(13)22/h6-10,13,16,20,22H,2-5,11H2,1H3,(H,19,24)/t13-,16+/m0/s1. The van der Waals surface area contributed by atoms with E-state index in [9.17, 15) is 14.7 Å². The summed E-state index contributed by atoms with van der Waals surface area (Å²) < 4.78 is 1.35. The van der Waals surface area contributed by atoms with Gasteiger partial charge in [0.25, 0.3) is 11.5 Å². The maximum Gasteiger partial charge on any atom is 0.271 e. The number of H-pyrrole nitrogens is 1. The lowest BCUT2D eigenvalue weighted by atomic mass is 9.86. The maximum atomic E-state index is 12.3. The molecule has 1 aromatic carbocycles. The summed E-state index contributed by atoms with van der Waals surface area (Å²) in [6, 6.07) is 8.77. The van der Waals surface area contributed by atoms with E-state index in [1.165, 1.54) is 10.7 Å². The number of rotatable bonds is 4. The van der Waals surface area contributed by atoms with E-state index in [4.69, 9.17) is 0 Å². The highest BCUT2D eigenvalue weighted by molar-refractivity contribution is 5.92. The summed E-state index contributed by atoms with van der Waals surface area (Å²) in [5, 5.41) is 15.6.